The average Bonchev–Trinajstić information content (AvgIpc) is 3.06. The molecule has 6 nitrogen and oxygen atoms in total. The van der Waals surface area contributed by atoms with Gasteiger partial charge in [0.1, 0.15) is 5.52 Å². The fourth-order valence-electron chi connectivity index (χ4n) is 3.41. The van der Waals surface area contributed by atoms with Crippen LogP contribution in [0.25, 0.3) is 33.5 Å². The quantitative estimate of drug-likeness (QED) is 0.374. The Bertz CT molecular complexity index is 1440. The third-order valence-electron chi connectivity index (χ3n) is 4.79. The van der Waals surface area contributed by atoms with Crippen LogP contribution in [0.4, 0.5) is 0 Å². The number of aromatic nitrogens is 5. The Balaban J connectivity index is 1.75. The number of aryl methyl sites for hydroxylation is 1. The van der Waals surface area contributed by atoms with Gasteiger partial charge in [-0.05, 0) is 55.0 Å². The minimum Gasteiger partial charge on any atom is -0.282 e. The van der Waals surface area contributed by atoms with E-state index < -0.39 is 0 Å². The van der Waals surface area contributed by atoms with Gasteiger partial charge < -0.3 is 0 Å². The summed E-state index contributed by atoms with van der Waals surface area (Å²) < 4.78 is 4.20. The Hall–Kier alpha value is -3.03. The average molecular weight is 467 g/mol. The lowest BCUT2D eigenvalue weighted by atomic mass is 10.1. The van der Waals surface area contributed by atoms with Gasteiger partial charge in [-0.25, -0.2) is 4.52 Å². The van der Waals surface area contributed by atoms with Crippen molar-refractivity contribution < 1.29 is 0 Å². The van der Waals surface area contributed by atoms with E-state index in [-0.39, 0.29) is 11.1 Å². The van der Waals surface area contributed by atoms with Crippen molar-refractivity contribution in [2.24, 2.45) is 0 Å². The van der Waals surface area contributed by atoms with Crippen molar-refractivity contribution >= 4 is 44.2 Å². The molecule has 0 amide bonds. The maximum Gasteiger partial charge on any atom is 0.285 e. The van der Waals surface area contributed by atoms with Crippen LogP contribution in [0.3, 0.4) is 0 Å². The molecule has 3 heterocycles. The van der Waals surface area contributed by atoms with E-state index in [0.717, 1.165) is 21.3 Å². The molecule has 0 radical (unpaired) electrons. The molecule has 0 aliphatic heterocycles. The van der Waals surface area contributed by atoms with Crippen molar-refractivity contribution in [3.63, 3.8) is 0 Å². The summed E-state index contributed by atoms with van der Waals surface area (Å²) in [5.41, 5.74) is 4.61. The van der Waals surface area contributed by atoms with Crippen molar-refractivity contribution in [1.29, 1.82) is 0 Å². The zero-order valence-electron chi connectivity index (χ0n) is 15.2. The molecule has 0 atom stereocenters. The highest BCUT2D eigenvalue weighted by Crippen LogP contribution is 2.29. The lowest BCUT2D eigenvalue weighted by Gasteiger charge is -2.07. The number of hydrogen-bond acceptors (Lipinski definition) is 4. The SMILES string of the molecule is Cc1nn2c(nnc3c(=O)n(-c4ccc(Cl)cc4)ccc32)c1-c1ccc(Br)cc1. The predicted molar refractivity (Wildman–Crippen MR) is 117 cm³/mol. The van der Waals surface area contributed by atoms with Crippen molar-refractivity contribution in [2.45, 2.75) is 6.92 Å². The molecule has 2 aromatic carbocycles. The molecular weight excluding hydrogens is 454 g/mol. The number of pyridine rings is 1. The molecule has 0 aliphatic carbocycles. The largest absolute Gasteiger partial charge is 0.285 e. The maximum atomic E-state index is 13.0. The van der Waals surface area contributed by atoms with Crippen molar-refractivity contribution in [3.8, 4) is 16.8 Å². The van der Waals surface area contributed by atoms with Gasteiger partial charge in [-0.1, -0.05) is 39.7 Å². The number of hydrogen-bond donors (Lipinski definition) is 0. The van der Waals surface area contributed by atoms with E-state index in [4.69, 9.17) is 11.6 Å². The number of halogens is 2. The van der Waals surface area contributed by atoms with Gasteiger partial charge >= 0.3 is 0 Å². The van der Waals surface area contributed by atoms with Crippen LogP contribution in [0.2, 0.25) is 5.02 Å². The van der Waals surface area contributed by atoms with Crippen LogP contribution in [-0.4, -0.2) is 24.4 Å². The van der Waals surface area contributed by atoms with E-state index in [2.05, 4.69) is 31.2 Å². The molecule has 0 saturated carbocycles. The van der Waals surface area contributed by atoms with Crippen LogP contribution < -0.4 is 5.56 Å². The summed E-state index contributed by atoms with van der Waals surface area (Å²) in [4.78, 5) is 13.0. The van der Waals surface area contributed by atoms with Gasteiger partial charge in [0.25, 0.3) is 5.56 Å². The zero-order valence-corrected chi connectivity index (χ0v) is 17.5. The number of benzene rings is 2. The predicted octanol–water partition coefficient (Wildman–Crippen LogP) is 4.82. The molecule has 0 bridgehead atoms. The molecule has 0 fully saturated rings. The minimum absolute atomic E-state index is 0.250. The number of fused-ring (bicyclic) bond motifs is 3. The van der Waals surface area contributed by atoms with Gasteiger partial charge in [0, 0.05) is 21.4 Å². The lowest BCUT2D eigenvalue weighted by molar-refractivity contribution is 0.905. The van der Waals surface area contributed by atoms with Gasteiger partial charge in [-0.3, -0.25) is 9.36 Å². The van der Waals surface area contributed by atoms with Gasteiger partial charge in [-0.2, -0.15) is 5.10 Å². The summed E-state index contributed by atoms with van der Waals surface area (Å²) in [6, 6.07) is 16.8. The normalized spacial score (nSPS) is 11.4. The molecule has 0 unspecified atom stereocenters. The molecular formula is C21H13BrClN5O. The zero-order chi connectivity index (χ0) is 20.1. The van der Waals surface area contributed by atoms with Crippen LogP contribution >= 0.6 is 27.5 Å². The first kappa shape index (κ1) is 18.0. The summed E-state index contributed by atoms with van der Waals surface area (Å²) >= 11 is 9.41. The molecule has 8 heteroatoms. The summed E-state index contributed by atoms with van der Waals surface area (Å²) in [5, 5.41) is 13.8. The summed E-state index contributed by atoms with van der Waals surface area (Å²) in [7, 11) is 0. The fraction of sp³-hybridized carbons (Fsp3) is 0.0476. The van der Waals surface area contributed by atoms with Crippen LogP contribution in [-0.2, 0) is 0 Å². The van der Waals surface area contributed by atoms with E-state index in [9.17, 15) is 4.79 Å². The molecule has 142 valence electrons. The van der Waals surface area contributed by atoms with Gasteiger partial charge in [0.05, 0.1) is 11.3 Å². The van der Waals surface area contributed by atoms with Gasteiger partial charge in [-0.15, -0.1) is 10.2 Å². The molecule has 3 aromatic heterocycles. The standard InChI is InChI=1S/C21H13BrClN5O/c1-12-18(13-2-4-14(22)5-3-13)20-25-24-19-17(28(20)26-12)10-11-27(21(19)29)16-8-6-15(23)7-9-16/h2-11H,1H3. The van der Waals surface area contributed by atoms with E-state index in [1.165, 1.54) is 4.57 Å². The second-order valence-electron chi connectivity index (χ2n) is 6.60. The Morgan fingerprint density at radius 3 is 2.41 bits per heavy atom. The van der Waals surface area contributed by atoms with Crippen LogP contribution in [0, 0.1) is 6.92 Å². The van der Waals surface area contributed by atoms with E-state index in [0.29, 0.717) is 21.9 Å². The van der Waals surface area contributed by atoms with E-state index >= 15 is 0 Å². The maximum absolute atomic E-state index is 13.0. The lowest BCUT2D eigenvalue weighted by Crippen LogP contribution is -2.20. The third kappa shape index (κ3) is 2.94. The highest BCUT2D eigenvalue weighted by atomic mass is 79.9. The summed E-state index contributed by atoms with van der Waals surface area (Å²) in [6.07, 6.45) is 1.71. The van der Waals surface area contributed by atoms with Crippen molar-refractivity contribution in [1.82, 2.24) is 24.4 Å². The Kier molecular flexibility index (Phi) is 4.22. The minimum atomic E-state index is -0.266. The first-order valence-electron chi connectivity index (χ1n) is 8.82. The van der Waals surface area contributed by atoms with Crippen molar-refractivity contribution in [3.05, 3.63) is 86.3 Å². The molecule has 29 heavy (non-hydrogen) atoms. The molecule has 0 saturated heterocycles. The highest BCUT2D eigenvalue weighted by molar-refractivity contribution is 9.10. The molecule has 0 spiro atoms. The smallest absolute Gasteiger partial charge is 0.282 e. The van der Waals surface area contributed by atoms with Gasteiger partial charge in [0.2, 0.25) is 0 Å². The molecule has 5 aromatic rings. The third-order valence-corrected chi connectivity index (χ3v) is 5.57. The van der Waals surface area contributed by atoms with Gasteiger partial charge in [0.15, 0.2) is 11.2 Å². The Labute approximate surface area is 178 Å². The number of rotatable bonds is 2. The number of nitrogens with zero attached hydrogens (tertiary/aromatic N) is 5. The first-order valence-corrected chi connectivity index (χ1v) is 9.99. The Morgan fingerprint density at radius 2 is 1.69 bits per heavy atom. The van der Waals surface area contributed by atoms with E-state index in [1.54, 1.807) is 35.0 Å². The topological polar surface area (TPSA) is 65.1 Å². The Morgan fingerprint density at radius 1 is 0.966 bits per heavy atom. The fourth-order valence-corrected chi connectivity index (χ4v) is 3.80. The van der Waals surface area contributed by atoms with E-state index in [1.807, 2.05) is 37.3 Å². The van der Waals surface area contributed by atoms with Crippen molar-refractivity contribution in [2.75, 3.05) is 0 Å². The summed E-state index contributed by atoms with van der Waals surface area (Å²) in [6.45, 7) is 1.92. The molecule has 0 aliphatic rings. The molecule has 5 rings (SSSR count). The second kappa shape index (κ2) is 6.79. The van der Waals surface area contributed by atoms with Crippen LogP contribution in [0.15, 0.2) is 70.1 Å². The monoisotopic (exact) mass is 465 g/mol. The first-order chi connectivity index (χ1) is 14.0. The molecule has 0 N–H and O–H groups in total. The van der Waals surface area contributed by atoms with Crippen LogP contribution in [0.1, 0.15) is 5.69 Å². The summed E-state index contributed by atoms with van der Waals surface area (Å²) in [5.74, 6) is 0. The highest BCUT2D eigenvalue weighted by Gasteiger charge is 2.17. The second-order valence-corrected chi connectivity index (χ2v) is 7.96. The van der Waals surface area contributed by atoms with Crippen LogP contribution in [0.5, 0.6) is 0 Å².